The van der Waals surface area contributed by atoms with E-state index in [9.17, 15) is 9.59 Å². The highest BCUT2D eigenvalue weighted by molar-refractivity contribution is 5.73. The molecule has 5 nitrogen and oxygen atoms in total. The lowest BCUT2D eigenvalue weighted by molar-refractivity contribution is -0.137. The van der Waals surface area contributed by atoms with E-state index in [-0.39, 0.29) is 12.5 Å². The number of unbranched alkanes of at least 4 members (excludes halogenated alkanes) is 3. The Bertz CT molecular complexity index is 461. The first-order valence-corrected chi connectivity index (χ1v) is 7.37. The van der Waals surface area contributed by atoms with E-state index in [0.29, 0.717) is 19.5 Å². The molecular weight excluding hydrogens is 268 g/mol. The van der Waals surface area contributed by atoms with Gasteiger partial charge in [0.2, 0.25) is 0 Å². The third-order valence-corrected chi connectivity index (χ3v) is 3.30. The number of aliphatic carboxylic acids is 1. The summed E-state index contributed by atoms with van der Waals surface area (Å²) in [4.78, 5) is 21.9. The zero-order valence-electron chi connectivity index (χ0n) is 12.5. The van der Waals surface area contributed by atoms with Gasteiger partial charge in [-0.05, 0) is 30.9 Å². The van der Waals surface area contributed by atoms with Crippen LogP contribution in [0.1, 0.15) is 43.2 Å². The number of carbonyl (C=O) groups is 2. The molecule has 21 heavy (non-hydrogen) atoms. The van der Waals surface area contributed by atoms with Gasteiger partial charge in [-0.25, -0.2) is 4.79 Å². The molecule has 0 radical (unpaired) electrons. The Hall–Kier alpha value is -2.04. The zero-order valence-corrected chi connectivity index (χ0v) is 12.5. The third kappa shape index (κ3) is 7.97. The van der Waals surface area contributed by atoms with Crippen molar-refractivity contribution >= 4 is 12.0 Å². The van der Waals surface area contributed by atoms with E-state index >= 15 is 0 Å². The van der Waals surface area contributed by atoms with Gasteiger partial charge in [0, 0.05) is 19.5 Å². The molecule has 116 valence electrons. The summed E-state index contributed by atoms with van der Waals surface area (Å²) in [5.74, 6) is -0.747. The third-order valence-electron chi connectivity index (χ3n) is 3.30. The summed E-state index contributed by atoms with van der Waals surface area (Å²) in [5.41, 5.74) is 2.28. The van der Waals surface area contributed by atoms with Crippen LogP contribution in [0.25, 0.3) is 0 Å². The number of amides is 2. The minimum Gasteiger partial charge on any atom is -0.481 e. The van der Waals surface area contributed by atoms with Gasteiger partial charge in [0.15, 0.2) is 0 Å². The van der Waals surface area contributed by atoms with E-state index in [1.165, 1.54) is 0 Å². The van der Waals surface area contributed by atoms with E-state index < -0.39 is 5.97 Å². The zero-order chi connectivity index (χ0) is 15.5. The Morgan fingerprint density at radius 3 is 2.48 bits per heavy atom. The van der Waals surface area contributed by atoms with Gasteiger partial charge in [-0.1, -0.05) is 37.1 Å². The Kier molecular flexibility index (Phi) is 7.94. The van der Waals surface area contributed by atoms with Crippen molar-refractivity contribution in [2.75, 3.05) is 6.54 Å². The van der Waals surface area contributed by atoms with Gasteiger partial charge in [-0.15, -0.1) is 0 Å². The largest absolute Gasteiger partial charge is 0.481 e. The highest BCUT2D eigenvalue weighted by Crippen LogP contribution is 2.06. The van der Waals surface area contributed by atoms with E-state index in [2.05, 4.69) is 10.6 Å². The van der Waals surface area contributed by atoms with Crippen LogP contribution in [-0.4, -0.2) is 23.7 Å². The number of hydrogen-bond acceptors (Lipinski definition) is 2. The Morgan fingerprint density at radius 1 is 1.05 bits per heavy atom. The number of carboxylic acids is 1. The fraction of sp³-hybridized carbons (Fsp3) is 0.500. The van der Waals surface area contributed by atoms with Crippen molar-refractivity contribution in [3.63, 3.8) is 0 Å². The summed E-state index contributed by atoms with van der Waals surface area (Å²) in [6.45, 7) is 3.16. The molecule has 0 spiro atoms. The van der Waals surface area contributed by atoms with Gasteiger partial charge < -0.3 is 15.7 Å². The Balaban J connectivity index is 2.04. The highest BCUT2D eigenvalue weighted by Gasteiger charge is 2.02. The summed E-state index contributed by atoms with van der Waals surface area (Å²) in [7, 11) is 0. The van der Waals surface area contributed by atoms with Crippen molar-refractivity contribution in [2.24, 2.45) is 0 Å². The van der Waals surface area contributed by atoms with E-state index in [1.807, 2.05) is 31.2 Å². The molecule has 0 aliphatic rings. The summed E-state index contributed by atoms with van der Waals surface area (Å²) >= 11 is 0. The number of urea groups is 1. The molecule has 2 amide bonds. The van der Waals surface area contributed by atoms with Crippen molar-refractivity contribution in [1.82, 2.24) is 10.6 Å². The molecule has 0 aliphatic carbocycles. The maximum absolute atomic E-state index is 11.6. The smallest absolute Gasteiger partial charge is 0.315 e. The standard InChI is InChI=1S/C16H24N2O3/c1-13-8-5-6-9-14(13)12-18-16(21)17-11-7-3-2-4-10-15(19)20/h5-6,8-9H,2-4,7,10-12H2,1H3,(H,19,20)(H2,17,18,21). The van der Waals surface area contributed by atoms with Crippen LogP contribution in [-0.2, 0) is 11.3 Å². The molecule has 1 rings (SSSR count). The first-order valence-electron chi connectivity index (χ1n) is 7.37. The van der Waals surface area contributed by atoms with Gasteiger partial charge in [-0.3, -0.25) is 4.79 Å². The van der Waals surface area contributed by atoms with E-state index in [0.717, 1.165) is 30.4 Å². The lowest BCUT2D eigenvalue weighted by Crippen LogP contribution is -2.35. The molecule has 0 saturated heterocycles. The summed E-state index contributed by atoms with van der Waals surface area (Å²) < 4.78 is 0. The SMILES string of the molecule is Cc1ccccc1CNC(=O)NCCCCCCC(=O)O. The monoisotopic (exact) mass is 292 g/mol. The molecule has 0 heterocycles. The van der Waals surface area contributed by atoms with Crippen LogP contribution in [0.15, 0.2) is 24.3 Å². The van der Waals surface area contributed by atoms with Crippen LogP contribution in [0.2, 0.25) is 0 Å². The second kappa shape index (κ2) is 9.80. The maximum Gasteiger partial charge on any atom is 0.315 e. The minimum atomic E-state index is -0.747. The second-order valence-electron chi connectivity index (χ2n) is 5.09. The topological polar surface area (TPSA) is 78.4 Å². The normalized spacial score (nSPS) is 10.1. The van der Waals surface area contributed by atoms with Gasteiger partial charge in [0.25, 0.3) is 0 Å². The van der Waals surface area contributed by atoms with Crippen LogP contribution in [0.5, 0.6) is 0 Å². The fourth-order valence-corrected chi connectivity index (χ4v) is 2.00. The van der Waals surface area contributed by atoms with Gasteiger partial charge in [0.1, 0.15) is 0 Å². The molecular formula is C16H24N2O3. The molecule has 1 aromatic carbocycles. The molecule has 5 heteroatoms. The molecule has 0 bridgehead atoms. The molecule has 0 aromatic heterocycles. The summed E-state index contributed by atoms with van der Waals surface area (Å²) in [6, 6.07) is 7.79. The number of carbonyl (C=O) groups excluding carboxylic acids is 1. The van der Waals surface area contributed by atoms with Crippen LogP contribution >= 0.6 is 0 Å². The maximum atomic E-state index is 11.6. The number of rotatable bonds is 9. The van der Waals surface area contributed by atoms with Crippen LogP contribution in [0, 0.1) is 6.92 Å². The molecule has 3 N–H and O–H groups in total. The van der Waals surface area contributed by atoms with E-state index in [4.69, 9.17) is 5.11 Å². The Morgan fingerprint density at radius 2 is 1.76 bits per heavy atom. The molecule has 0 saturated carbocycles. The van der Waals surface area contributed by atoms with Crippen molar-refractivity contribution in [3.8, 4) is 0 Å². The van der Waals surface area contributed by atoms with Gasteiger partial charge in [0.05, 0.1) is 0 Å². The molecule has 0 aliphatic heterocycles. The molecule has 1 aromatic rings. The minimum absolute atomic E-state index is 0.163. The lowest BCUT2D eigenvalue weighted by atomic mass is 10.1. The first-order chi connectivity index (χ1) is 10.1. The number of carboxylic acid groups (broad SMARTS) is 1. The van der Waals surface area contributed by atoms with Crippen LogP contribution in [0.3, 0.4) is 0 Å². The number of benzene rings is 1. The molecule has 0 fully saturated rings. The fourth-order valence-electron chi connectivity index (χ4n) is 2.00. The first kappa shape index (κ1) is 17.0. The van der Waals surface area contributed by atoms with Crippen molar-refractivity contribution in [1.29, 1.82) is 0 Å². The molecule has 0 atom stereocenters. The number of nitrogens with one attached hydrogen (secondary N) is 2. The van der Waals surface area contributed by atoms with Crippen LogP contribution in [0.4, 0.5) is 4.79 Å². The average molecular weight is 292 g/mol. The average Bonchev–Trinajstić information content (AvgIpc) is 2.45. The quantitative estimate of drug-likeness (QED) is 0.612. The second-order valence-corrected chi connectivity index (χ2v) is 5.09. The molecule has 0 unspecified atom stereocenters. The van der Waals surface area contributed by atoms with Gasteiger partial charge in [-0.2, -0.15) is 0 Å². The van der Waals surface area contributed by atoms with Crippen molar-refractivity contribution in [2.45, 2.75) is 45.6 Å². The highest BCUT2D eigenvalue weighted by atomic mass is 16.4. The van der Waals surface area contributed by atoms with Crippen LogP contribution < -0.4 is 10.6 Å². The van der Waals surface area contributed by atoms with Crippen molar-refractivity contribution < 1.29 is 14.7 Å². The summed E-state index contributed by atoms with van der Waals surface area (Å²) in [5, 5.41) is 14.1. The predicted octanol–water partition coefficient (Wildman–Crippen LogP) is 2.83. The summed E-state index contributed by atoms with van der Waals surface area (Å²) in [6.07, 6.45) is 3.63. The lowest BCUT2D eigenvalue weighted by Gasteiger charge is -2.09. The number of aryl methyl sites for hydroxylation is 1. The van der Waals surface area contributed by atoms with Crippen molar-refractivity contribution in [3.05, 3.63) is 35.4 Å². The number of hydrogen-bond donors (Lipinski definition) is 3. The van der Waals surface area contributed by atoms with E-state index in [1.54, 1.807) is 0 Å². The Labute approximate surface area is 125 Å². The predicted molar refractivity (Wildman–Crippen MR) is 82.1 cm³/mol. The van der Waals surface area contributed by atoms with Gasteiger partial charge >= 0.3 is 12.0 Å².